The van der Waals surface area contributed by atoms with E-state index >= 15 is 0 Å². The predicted molar refractivity (Wildman–Crippen MR) is 60.3 cm³/mol. The van der Waals surface area contributed by atoms with E-state index in [2.05, 4.69) is 13.8 Å². The molecule has 0 bridgehead atoms. The summed E-state index contributed by atoms with van der Waals surface area (Å²) in [5.74, 6) is 0.797. The van der Waals surface area contributed by atoms with Gasteiger partial charge in [0, 0.05) is 12.6 Å². The van der Waals surface area contributed by atoms with Crippen LogP contribution in [0.1, 0.15) is 52.4 Å². The van der Waals surface area contributed by atoms with E-state index in [4.69, 9.17) is 10.5 Å². The van der Waals surface area contributed by atoms with Gasteiger partial charge >= 0.3 is 0 Å². The zero-order valence-electron chi connectivity index (χ0n) is 9.67. The molecule has 2 heteroatoms. The number of rotatable bonds is 5. The van der Waals surface area contributed by atoms with Crippen LogP contribution in [0, 0.1) is 5.92 Å². The van der Waals surface area contributed by atoms with Crippen LogP contribution in [0.25, 0.3) is 0 Å². The first-order valence-corrected chi connectivity index (χ1v) is 6.11. The van der Waals surface area contributed by atoms with Gasteiger partial charge in [-0.05, 0) is 31.6 Å². The van der Waals surface area contributed by atoms with Crippen LogP contribution in [0.2, 0.25) is 0 Å². The summed E-state index contributed by atoms with van der Waals surface area (Å²) < 4.78 is 5.84. The molecule has 3 atom stereocenters. The lowest BCUT2D eigenvalue weighted by Gasteiger charge is -2.32. The van der Waals surface area contributed by atoms with Gasteiger partial charge in [0.05, 0.1) is 6.10 Å². The van der Waals surface area contributed by atoms with Crippen molar-refractivity contribution in [2.75, 3.05) is 6.61 Å². The Morgan fingerprint density at radius 3 is 2.79 bits per heavy atom. The Labute approximate surface area is 88.2 Å². The Hall–Kier alpha value is -0.0800. The fraction of sp³-hybridized carbons (Fsp3) is 1.00. The van der Waals surface area contributed by atoms with Crippen LogP contribution in [0.15, 0.2) is 0 Å². The van der Waals surface area contributed by atoms with Gasteiger partial charge in [-0.2, -0.15) is 0 Å². The van der Waals surface area contributed by atoms with Crippen molar-refractivity contribution in [2.24, 2.45) is 11.7 Å². The Bertz CT molecular complexity index is 149. The zero-order valence-corrected chi connectivity index (χ0v) is 9.67. The van der Waals surface area contributed by atoms with Crippen molar-refractivity contribution in [1.82, 2.24) is 0 Å². The second kappa shape index (κ2) is 6.41. The van der Waals surface area contributed by atoms with Gasteiger partial charge in [0.15, 0.2) is 0 Å². The molecule has 14 heavy (non-hydrogen) atoms. The summed E-state index contributed by atoms with van der Waals surface area (Å²) in [6, 6.07) is 0.285. The lowest BCUT2D eigenvalue weighted by molar-refractivity contribution is 0.000680. The largest absolute Gasteiger partial charge is 0.377 e. The maximum Gasteiger partial charge on any atom is 0.0728 e. The minimum atomic E-state index is 0.285. The maximum absolute atomic E-state index is 6.03. The molecule has 1 aliphatic rings. The molecule has 1 saturated carbocycles. The molecule has 2 nitrogen and oxygen atoms in total. The summed E-state index contributed by atoms with van der Waals surface area (Å²) in [5.41, 5.74) is 6.03. The van der Waals surface area contributed by atoms with Crippen molar-refractivity contribution in [3.63, 3.8) is 0 Å². The predicted octanol–water partition coefficient (Wildman–Crippen LogP) is 2.71. The molecule has 0 aliphatic heterocycles. The summed E-state index contributed by atoms with van der Waals surface area (Å²) in [6.07, 6.45) is 7.63. The molecular weight excluding hydrogens is 174 g/mol. The lowest BCUT2D eigenvalue weighted by atomic mass is 9.85. The average Bonchev–Trinajstić information content (AvgIpc) is 2.18. The Kier molecular flexibility index (Phi) is 5.49. The van der Waals surface area contributed by atoms with Crippen LogP contribution in [-0.4, -0.2) is 18.8 Å². The number of unbranched alkanes of at least 4 members (excludes halogenated alkanes) is 2. The van der Waals surface area contributed by atoms with E-state index in [1.165, 1.54) is 25.7 Å². The van der Waals surface area contributed by atoms with E-state index in [1.54, 1.807) is 0 Å². The standard InChI is InChI=1S/C12H25NO/c1-3-4-5-8-14-12-9-10(2)6-7-11(12)13/h10-12H,3-9,13H2,1-2H3. The fourth-order valence-corrected chi connectivity index (χ4v) is 2.13. The summed E-state index contributed by atoms with van der Waals surface area (Å²) >= 11 is 0. The highest BCUT2D eigenvalue weighted by Crippen LogP contribution is 2.25. The fourth-order valence-electron chi connectivity index (χ4n) is 2.13. The van der Waals surface area contributed by atoms with Crippen LogP contribution < -0.4 is 5.73 Å². The first-order chi connectivity index (χ1) is 6.74. The van der Waals surface area contributed by atoms with Gasteiger partial charge in [0.1, 0.15) is 0 Å². The minimum absolute atomic E-state index is 0.285. The molecule has 0 saturated heterocycles. The monoisotopic (exact) mass is 199 g/mol. The molecule has 84 valence electrons. The highest BCUT2D eigenvalue weighted by molar-refractivity contribution is 4.81. The highest BCUT2D eigenvalue weighted by atomic mass is 16.5. The van der Waals surface area contributed by atoms with E-state index in [0.29, 0.717) is 6.10 Å². The highest BCUT2D eigenvalue weighted by Gasteiger charge is 2.26. The number of hydrogen-bond acceptors (Lipinski definition) is 2. The second-order valence-corrected chi connectivity index (χ2v) is 4.70. The molecule has 0 heterocycles. The average molecular weight is 199 g/mol. The third-order valence-corrected chi connectivity index (χ3v) is 3.18. The Morgan fingerprint density at radius 2 is 2.07 bits per heavy atom. The van der Waals surface area contributed by atoms with E-state index in [0.717, 1.165) is 25.4 Å². The van der Waals surface area contributed by atoms with Gasteiger partial charge in [0.25, 0.3) is 0 Å². The quantitative estimate of drug-likeness (QED) is 0.691. The zero-order chi connectivity index (χ0) is 10.4. The second-order valence-electron chi connectivity index (χ2n) is 4.70. The van der Waals surface area contributed by atoms with Crippen molar-refractivity contribution >= 4 is 0 Å². The molecule has 0 amide bonds. The van der Waals surface area contributed by atoms with Gasteiger partial charge in [-0.1, -0.05) is 26.7 Å². The molecule has 0 aromatic heterocycles. The van der Waals surface area contributed by atoms with E-state index in [-0.39, 0.29) is 6.04 Å². The molecule has 3 unspecified atom stereocenters. The van der Waals surface area contributed by atoms with Crippen LogP contribution in [-0.2, 0) is 4.74 Å². The Balaban J connectivity index is 2.14. The molecule has 0 radical (unpaired) electrons. The topological polar surface area (TPSA) is 35.2 Å². The number of hydrogen-bond donors (Lipinski definition) is 1. The maximum atomic E-state index is 6.03. The normalized spacial score (nSPS) is 33.2. The van der Waals surface area contributed by atoms with Gasteiger partial charge in [0.2, 0.25) is 0 Å². The van der Waals surface area contributed by atoms with Crippen LogP contribution in [0.5, 0.6) is 0 Å². The molecule has 0 aromatic rings. The number of nitrogens with two attached hydrogens (primary N) is 1. The van der Waals surface area contributed by atoms with Gasteiger partial charge in [-0.15, -0.1) is 0 Å². The third kappa shape index (κ3) is 3.97. The summed E-state index contributed by atoms with van der Waals surface area (Å²) in [7, 11) is 0. The summed E-state index contributed by atoms with van der Waals surface area (Å²) in [5, 5.41) is 0. The van der Waals surface area contributed by atoms with Crippen LogP contribution >= 0.6 is 0 Å². The Morgan fingerprint density at radius 1 is 1.29 bits per heavy atom. The van der Waals surface area contributed by atoms with Crippen molar-refractivity contribution < 1.29 is 4.74 Å². The molecule has 2 N–H and O–H groups in total. The third-order valence-electron chi connectivity index (χ3n) is 3.18. The van der Waals surface area contributed by atoms with Crippen molar-refractivity contribution in [1.29, 1.82) is 0 Å². The summed E-state index contributed by atoms with van der Waals surface area (Å²) in [4.78, 5) is 0. The van der Waals surface area contributed by atoms with Gasteiger partial charge in [-0.3, -0.25) is 0 Å². The first-order valence-electron chi connectivity index (χ1n) is 6.11. The van der Waals surface area contributed by atoms with Gasteiger partial charge in [-0.25, -0.2) is 0 Å². The van der Waals surface area contributed by atoms with Crippen molar-refractivity contribution in [3.8, 4) is 0 Å². The number of ether oxygens (including phenoxy) is 1. The van der Waals surface area contributed by atoms with Crippen molar-refractivity contribution in [3.05, 3.63) is 0 Å². The smallest absolute Gasteiger partial charge is 0.0728 e. The van der Waals surface area contributed by atoms with Crippen LogP contribution in [0.4, 0.5) is 0 Å². The molecular formula is C12H25NO. The molecule has 1 aliphatic carbocycles. The van der Waals surface area contributed by atoms with E-state index in [1.807, 2.05) is 0 Å². The molecule has 0 spiro atoms. The SMILES string of the molecule is CCCCCOC1CC(C)CCC1N. The molecule has 0 aromatic carbocycles. The first kappa shape index (κ1) is 12.0. The molecule has 1 rings (SSSR count). The molecule has 1 fully saturated rings. The summed E-state index contributed by atoms with van der Waals surface area (Å²) in [6.45, 7) is 5.42. The van der Waals surface area contributed by atoms with Crippen LogP contribution in [0.3, 0.4) is 0 Å². The van der Waals surface area contributed by atoms with E-state index < -0.39 is 0 Å². The van der Waals surface area contributed by atoms with E-state index in [9.17, 15) is 0 Å². The lowest BCUT2D eigenvalue weighted by Crippen LogP contribution is -2.41. The van der Waals surface area contributed by atoms with Crippen molar-refractivity contribution in [2.45, 2.75) is 64.5 Å². The van der Waals surface area contributed by atoms with Gasteiger partial charge < -0.3 is 10.5 Å². The minimum Gasteiger partial charge on any atom is -0.377 e.